The van der Waals surface area contributed by atoms with Crippen LogP contribution >= 0.6 is 0 Å². The number of nitrogens with one attached hydrogen (secondary N) is 1. The molecule has 1 N–H and O–H groups in total. The van der Waals surface area contributed by atoms with E-state index in [0.29, 0.717) is 0 Å². The van der Waals surface area contributed by atoms with Gasteiger partial charge in [-0.25, -0.2) is 0 Å². The molecule has 0 bridgehead atoms. The first-order valence-electron chi connectivity index (χ1n) is 9.22. The minimum Gasteiger partial charge on any atom is -0.310 e. The van der Waals surface area contributed by atoms with E-state index in [1.165, 1.54) is 70.9 Å². The van der Waals surface area contributed by atoms with Crippen LogP contribution in [-0.4, -0.2) is 36.1 Å². The molecule has 3 rings (SSSR count). The average Bonchev–Trinajstić information content (AvgIpc) is 2.37. The molecule has 3 fully saturated rings. The summed E-state index contributed by atoms with van der Waals surface area (Å²) in [5, 5.41) is 4.01. The molecule has 1 heterocycles. The molecule has 2 nitrogen and oxygen atoms in total. The number of nitrogens with zero attached hydrogens (tertiary/aromatic N) is 1. The van der Waals surface area contributed by atoms with Gasteiger partial charge in [-0.2, -0.15) is 0 Å². The van der Waals surface area contributed by atoms with Crippen molar-refractivity contribution in [1.82, 2.24) is 10.2 Å². The molecule has 116 valence electrons. The summed E-state index contributed by atoms with van der Waals surface area (Å²) in [6.07, 6.45) is 13.0. The lowest BCUT2D eigenvalue weighted by atomic mass is 9.78. The Balaban J connectivity index is 1.52. The molecule has 3 aliphatic rings. The molecular formula is C18H34N2. The third kappa shape index (κ3) is 3.57. The third-order valence-corrected chi connectivity index (χ3v) is 6.17. The number of rotatable bonds is 4. The molecule has 0 aromatic carbocycles. The van der Waals surface area contributed by atoms with Gasteiger partial charge in [-0.3, -0.25) is 4.90 Å². The van der Waals surface area contributed by atoms with Crippen LogP contribution in [0.3, 0.4) is 0 Å². The summed E-state index contributed by atoms with van der Waals surface area (Å²) in [5.74, 6) is 1.86. The number of piperidine rings is 1. The van der Waals surface area contributed by atoms with E-state index >= 15 is 0 Å². The molecule has 3 atom stereocenters. The summed E-state index contributed by atoms with van der Waals surface area (Å²) in [7, 11) is 0. The molecule has 0 aromatic heterocycles. The van der Waals surface area contributed by atoms with Crippen molar-refractivity contribution in [3.8, 4) is 0 Å². The van der Waals surface area contributed by atoms with E-state index in [9.17, 15) is 0 Å². The zero-order valence-corrected chi connectivity index (χ0v) is 13.6. The maximum Gasteiger partial charge on any atom is 0.0200 e. The normalized spacial score (nSPS) is 35.7. The average molecular weight is 278 g/mol. The van der Waals surface area contributed by atoms with E-state index in [-0.39, 0.29) is 0 Å². The van der Waals surface area contributed by atoms with Gasteiger partial charge in [0.2, 0.25) is 0 Å². The van der Waals surface area contributed by atoms with Crippen LogP contribution in [0.1, 0.15) is 71.6 Å². The van der Waals surface area contributed by atoms with Gasteiger partial charge >= 0.3 is 0 Å². The fourth-order valence-corrected chi connectivity index (χ4v) is 4.67. The molecule has 1 aliphatic heterocycles. The van der Waals surface area contributed by atoms with E-state index in [0.717, 1.165) is 30.0 Å². The van der Waals surface area contributed by atoms with Crippen LogP contribution < -0.4 is 5.32 Å². The first-order valence-corrected chi connectivity index (χ1v) is 9.22. The first-order chi connectivity index (χ1) is 9.72. The number of likely N-dealkylation sites (tertiary alicyclic amines) is 1. The van der Waals surface area contributed by atoms with Gasteiger partial charge in [0.15, 0.2) is 0 Å². The standard InChI is InChI=1S/C18H34N2/c1-14-11-18(19-17-9-4-3-5-10-17)13-20(12-14)15(2)16-7-6-8-16/h14-19H,3-13H2,1-2H3. The highest BCUT2D eigenvalue weighted by Crippen LogP contribution is 2.34. The zero-order valence-electron chi connectivity index (χ0n) is 13.6. The molecule has 0 amide bonds. The molecule has 2 aliphatic carbocycles. The lowest BCUT2D eigenvalue weighted by molar-refractivity contribution is 0.0521. The minimum absolute atomic E-state index is 0.754. The van der Waals surface area contributed by atoms with Crippen LogP contribution in [0.5, 0.6) is 0 Å². The molecule has 1 saturated heterocycles. The van der Waals surface area contributed by atoms with Crippen molar-refractivity contribution in [3.63, 3.8) is 0 Å². The highest BCUT2D eigenvalue weighted by Gasteiger charge is 2.34. The SMILES string of the molecule is CC1CC(NC2CCCCC2)CN(C(C)C2CCC2)C1. The van der Waals surface area contributed by atoms with Crippen molar-refractivity contribution < 1.29 is 0 Å². The van der Waals surface area contributed by atoms with Crippen molar-refractivity contribution in [2.75, 3.05) is 13.1 Å². The van der Waals surface area contributed by atoms with Crippen LogP contribution in [0.2, 0.25) is 0 Å². The summed E-state index contributed by atoms with van der Waals surface area (Å²) >= 11 is 0. The molecule has 2 heteroatoms. The van der Waals surface area contributed by atoms with Crippen molar-refractivity contribution in [1.29, 1.82) is 0 Å². The summed E-state index contributed by atoms with van der Waals surface area (Å²) in [6, 6.07) is 2.39. The highest BCUT2D eigenvalue weighted by atomic mass is 15.2. The van der Waals surface area contributed by atoms with Gasteiger partial charge < -0.3 is 5.32 Å². The van der Waals surface area contributed by atoms with E-state index in [1.807, 2.05) is 0 Å². The Morgan fingerprint density at radius 3 is 2.30 bits per heavy atom. The van der Waals surface area contributed by atoms with Gasteiger partial charge in [0, 0.05) is 31.2 Å². The first kappa shape index (κ1) is 14.8. The Bertz CT molecular complexity index is 294. The lowest BCUT2D eigenvalue weighted by Gasteiger charge is -2.46. The quantitative estimate of drug-likeness (QED) is 0.841. The van der Waals surface area contributed by atoms with Gasteiger partial charge in [0.25, 0.3) is 0 Å². The topological polar surface area (TPSA) is 15.3 Å². The van der Waals surface area contributed by atoms with Crippen molar-refractivity contribution >= 4 is 0 Å². The summed E-state index contributed by atoms with van der Waals surface area (Å²) in [6.45, 7) is 7.58. The summed E-state index contributed by atoms with van der Waals surface area (Å²) in [4.78, 5) is 2.80. The fourth-order valence-electron chi connectivity index (χ4n) is 4.67. The van der Waals surface area contributed by atoms with Gasteiger partial charge in [0.1, 0.15) is 0 Å². The Morgan fingerprint density at radius 2 is 1.65 bits per heavy atom. The number of hydrogen-bond donors (Lipinski definition) is 1. The second kappa shape index (κ2) is 6.79. The minimum atomic E-state index is 0.754. The zero-order chi connectivity index (χ0) is 13.9. The van der Waals surface area contributed by atoms with Crippen LogP contribution in [0.4, 0.5) is 0 Å². The molecule has 2 saturated carbocycles. The van der Waals surface area contributed by atoms with E-state index in [2.05, 4.69) is 24.1 Å². The summed E-state index contributed by atoms with van der Waals surface area (Å²) < 4.78 is 0. The molecule has 20 heavy (non-hydrogen) atoms. The van der Waals surface area contributed by atoms with Gasteiger partial charge in [0.05, 0.1) is 0 Å². The summed E-state index contributed by atoms with van der Waals surface area (Å²) in [5.41, 5.74) is 0. The van der Waals surface area contributed by atoms with Gasteiger partial charge in [-0.1, -0.05) is 32.6 Å². The number of hydrogen-bond acceptors (Lipinski definition) is 2. The highest BCUT2D eigenvalue weighted by molar-refractivity contribution is 4.90. The van der Waals surface area contributed by atoms with E-state index in [4.69, 9.17) is 0 Å². The van der Waals surface area contributed by atoms with Crippen LogP contribution in [0.15, 0.2) is 0 Å². The van der Waals surface area contributed by atoms with E-state index < -0.39 is 0 Å². The molecule has 0 aromatic rings. The van der Waals surface area contributed by atoms with Gasteiger partial charge in [-0.05, 0) is 50.9 Å². The van der Waals surface area contributed by atoms with Crippen molar-refractivity contribution in [2.45, 2.75) is 89.8 Å². The lowest BCUT2D eigenvalue weighted by Crippen LogP contribution is -2.55. The maximum atomic E-state index is 4.01. The molecule has 3 unspecified atom stereocenters. The Morgan fingerprint density at radius 1 is 0.900 bits per heavy atom. The molecular weight excluding hydrogens is 244 g/mol. The molecule has 0 spiro atoms. The van der Waals surface area contributed by atoms with Crippen LogP contribution in [-0.2, 0) is 0 Å². The third-order valence-electron chi connectivity index (χ3n) is 6.17. The Labute approximate surface area is 125 Å². The smallest absolute Gasteiger partial charge is 0.0200 e. The van der Waals surface area contributed by atoms with Gasteiger partial charge in [-0.15, -0.1) is 0 Å². The Hall–Kier alpha value is -0.0800. The largest absolute Gasteiger partial charge is 0.310 e. The fraction of sp³-hybridized carbons (Fsp3) is 1.00. The van der Waals surface area contributed by atoms with E-state index in [1.54, 1.807) is 0 Å². The monoisotopic (exact) mass is 278 g/mol. The molecule has 0 radical (unpaired) electrons. The van der Waals surface area contributed by atoms with Crippen LogP contribution in [0.25, 0.3) is 0 Å². The van der Waals surface area contributed by atoms with Crippen molar-refractivity contribution in [3.05, 3.63) is 0 Å². The Kier molecular flexibility index (Phi) is 5.04. The second-order valence-electron chi connectivity index (χ2n) is 7.92. The predicted octanol–water partition coefficient (Wildman–Crippen LogP) is 3.81. The van der Waals surface area contributed by atoms with Crippen LogP contribution in [0, 0.1) is 11.8 Å². The predicted molar refractivity (Wildman–Crippen MR) is 86.0 cm³/mol. The maximum absolute atomic E-state index is 4.01. The second-order valence-corrected chi connectivity index (χ2v) is 7.92. The van der Waals surface area contributed by atoms with Crippen molar-refractivity contribution in [2.24, 2.45) is 11.8 Å².